The highest BCUT2D eigenvalue weighted by atomic mass is 35.5. The van der Waals surface area contributed by atoms with E-state index in [4.69, 9.17) is 31.0 Å². The Hall–Kier alpha value is -7.28. The van der Waals surface area contributed by atoms with Crippen LogP contribution in [0.2, 0.25) is 5.02 Å². The normalized spacial score (nSPS) is 20.1. The summed E-state index contributed by atoms with van der Waals surface area (Å²) in [4.78, 5) is 76.9. The lowest BCUT2D eigenvalue weighted by Gasteiger charge is -2.32. The third kappa shape index (κ3) is 14.2. The van der Waals surface area contributed by atoms with E-state index in [0.717, 1.165) is 37.3 Å². The van der Waals surface area contributed by atoms with Crippen molar-refractivity contribution in [2.45, 2.75) is 141 Å². The zero-order chi connectivity index (χ0) is 58.3. The third-order valence-corrected chi connectivity index (χ3v) is 16.9. The number of amides is 4. The number of benzene rings is 2. The van der Waals surface area contributed by atoms with Crippen LogP contribution in [0.4, 0.5) is 20.7 Å². The lowest BCUT2D eigenvalue weighted by molar-refractivity contribution is -0.127. The van der Waals surface area contributed by atoms with Crippen molar-refractivity contribution < 1.29 is 37.4 Å². The van der Waals surface area contributed by atoms with Crippen molar-refractivity contribution >= 4 is 69.2 Å². The minimum Gasteiger partial charge on any atom is -0.476 e. The molecule has 0 spiro atoms. The van der Waals surface area contributed by atoms with Crippen LogP contribution >= 0.6 is 11.6 Å². The van der Waals surface area contributed by atoms with Gasteiger partial charge in [0, 0.05) is 82.9 Å². The fourth-order valence-corrected chi connectivity index (χ4v) is 12.7. The van der Waals surface area contributed by atoms with E-state index in [1.807, 2.05) is 42.9 Å². The number of carbonyl (C=O) groups is 4. The Morgan fingerprint density at radius 3 is 1.59 bits per heavy atom. The summed E-state index contributed by atoms with van der Waals surface area (Å²) in [6.07, 6.45) is 13.2. The summed E-state index contributed by atoms with van der Waals surface area (Å²) < 4.78 is 47.1. The van der Waals surface area contributed by atoms with Gasteiger partial charge in [0.1, 0.15) is 35.9 Å². The Bertz CT molecular complexity index is 3350. The fraction of sp³-hybridized carbons (Fsp3) is 0.525. The van der Waals surface area contributed by atoms with Gasteiger partial charge in [-0.05, 0) is 167 Å². The Morgan fingerprint density at radius 1 is 0.639 bits per heavy atom. The Labute approximate surface area is 487 Å². The third-order valence-electron chi connectivity index (χ3n) is 16.7. The molecule has 0 unspecified atom stereocenters. The molecule has 2 saturated heterocycles. The summed E-state index contributed by atoms with van der Waals surface area (Å²) >= 11 is 6.09. The van der Waals surface area contributed by atoms with Crippen molar-refractivity contribution in [3.05, 3.63) is 93.8 Å². The fourth-order valence-electron chi connectivity index (χ4n) is 12.5. The number of likely N-dealkylation sites (tertiary alicyclic amines) is 2. The second-order valence-electron chi connectivity index (χ2n) is 23.3. The molecule has 19 nitrogen and oxygen atoms in total. The molecule has 83 heavy (non-hydrogen) atoms. The zero-order valence-corrected chi connectivity index (χ0v) is 48.5. The molecule has 4 N–H and O–H groups in total. The number of hydrogen-bond acceptors (Lipinski definition) is 13. The lowest BCUT2D eigenvalue weighted by Crippen LogP contribution is -2.37. The predicted molar refractivity (Wildman–Crippen MR) is 312 cm³/mol. The van der Waals surface area contributed by atoms with Crippen LogP contribution in [0.25, 0.3) is 22.1 Å². The molecule has 2 aliphatic carbocycles. The Balaban J connectivity index is 0.787. The molecule has 0 atom stereocenters. The van der Waals surface area contributed by atoms with Gasteiger partial charge in [-0.3, -0.25) is 39.6 Å². The number of carbonyl (C=O) groups excluding carboxylic acids is 4. The molecule has 2 aliphatic heterocycles. The number of nitrogens with one attached hydrogen (secondary N) is 4. The number of nitriles is 1. The summed E-state index contributed by atoms with van der Waals surface area (Å²) in [6.45, 7) is 13.2. The maximum atomic E-state index is 16.5. The SMILES string of the molecule is CC(C)NC(=O)C1CCC(n2c(NC(=O)c3cc(F)c(C4CCN(CCOc5cc6c(cn5)nc(NC(=O)c5cc(F)cc(Cl)c5)n6C5CCC(C(=O)NC(C)C)CC5)CC4)c(C#N)c3)nc3cnc(OCCN4CCCCC4)cc32)CC1. The largest absolute Gasteiger partial charge is 0.476 e. The van der Waals surface area contributed by atoms with E-state index in [0.29, 0.717) is 124 Å². The number of rotatable bonds is 19. The van der Waals surface area contributed by atoms with Gasteiger partial charge in [0.2, 0.25) is 35.5 Å². The van der Waals surface area contributed by atoms with Crippen LogP contribution in [0.3, 0.4) is 0 Å². The molecule has 10 rings (SSSR count). The van der Waals surface area contributed by atoms with E-state index in [2.05, 4.69) is 47.1 Å². The van der Waals surface area contributed by atoms with Crippen molar-refractivity contribution in [1.29, 1.82) is 5.26 Å². The second-order valence-corrected chi connectivity index (χ2v) is 23.7. The Kier molecular flexibility index (Phi) is 18.8. The van der Waals surface area contributed by atoms with Gasteiger partial charge >= 0.3 is 0 Å². The average molecular weight is 1160 g/mol. The molecule has 6 heterocycles. The number of halogens is 3. The van der Waals surface area contributed by atoms with E-state index in [-0.39, 0.29) is 94.0 Å². The first-order valence-corrected chi connectivity index (χ1v) is 29.8. The van der Waals surface area contributed by atoms with Crippen LogP contribution in [0.15, 0.2) is 54.9 Å². The van der Waals surface area contributed by atoms with Gasteiger partial charge in [-0.2, -0.15) is 5.26 Å². The van der Waals surface area contributed by atoms with Crippen molar-refractivity contribution in [1.82, 2.24) is 49.5 Å². The number of ether oxygens (including phenoxy) is 2. The number of fused-ring (bicyclic) bond motifs is 2. The van der Waals surface area contributed by atoms with Crippen LogP contribution in [0, 0.1) is 34.8 Å². The monoisotopic (exact) mass is 1160 g/mol. The van der Waals surface area contributed by atoms with E-state index >= 15 is 4.39 Å². The molecule has 0 bridgehead atoms. The van der Waals surface area contributed by atoms with Crippen LogP contribution in [0.1, 0.15) is 161 Å². The maximum absolute atomic E-state index is 16.5. The second kappa shape index (κ2) is 26.5. The topological polar surface area (TPSA) is 227 Å². The quantitative estimate of drug-likeness (QED) is 0.0593. The van der Waals surface area contributed by atoms with Gasteiger partial charge in [-0.25, -0.2) is 28.7 Å². The van der Waals surface area contributed by atoms with Gasteiger partial charge in [-0.1, -0.05) is 18.0 Å². The molecule has 440 valence electrons. The van der Waals surface area contributed by atoms with Gasteiger partial charge in [0.05, 0.1) is 35.1 Å². The van der Waals surface area contributed by atoms with Crippen LogP contribution in [0.5, 0.6) is 11.8 Å². The summed E-state index contributed by atoms with van der Waals surface area (Å²) in [7, 11) is 0. The molecule has 4 fully saturated rings. The molecular weight excluding hydrogens is 1080 g/mol. The van der Waals surface area contributed by atoms with Gasteiger partial charge in [-0.15, -0.1) is 0 Å². The molecule has 4 aliphatic rings. The van der Waals surface area contributed by atoms with Crippen molar-refractivity contribution in [3.8, 4) is 17.8 Å². The number of anilines is 2. The molecule has 4 amide bonds. The highest BCUT2D eigenvalue weighted by Gasteiger charge is 2.34. The van der Waals surface area contributed by atoms with E-state index in [1.54, 1.807) is 18.5 Å². The lowest BCUT2D eigenvalue weighted by atomic mass is 9.85. The minimum atomic E-state index is -0.645. The highest BCUT2D eigenvalue weighted by molar-refractivity contribution is 6.31. The number of imidazole rings is 2. The minimum absolute atomic E-state index is 0.00603. The molecule has 2 aromatic carbocycles. The zero-order valence-electron chi connectivity index (χ0n) is 47.7. The molecule has 4 aromatic heterocycles. The summed E-state index contributed by atoms with van der Waals surface area (Å²) in [6, 6.07) is 11.9. The first-order valence-electron chi connectivity index (χ1n) is 29.5. The first kappa shape index (κ1) is 58.9. The van der Waals surface area contributed by atoms with Crippen molar-refractivity contribution in [2.75, 3.05) is 63.1 Å². The summed E-state index contributed by atoms with van der Waals surface area (Å²) in [5.74, 6) is -1.61. The van der Waals surface area contributed by atoms with Crippen molar-refractivity contribution in [3.63, 3.8) is 0 Å². The van der Waals surface area contributed by atoms with Crippen LogP contribution in [-0.2, 0) is 9.59 Å². The van der Waals surface area contributed by atoms with E-state index in [1.165, 1.54) is 37.5 Å². The van der Waals surface area contributed by atoms with Crippen molar-refractivity contribution in [2.24, 2.45) is 11.8 Å². The highest BCUT2D eigenvalue weighted by Crippen LogP contribution is 2.40. The first-order chi connectivity index (χ1) is 40.1. The average Bonchev–Trinajstić information content (AvgIpc) is 4.08. The number of aromatic nitrogens is 6. The number of nitrogens with zero attached hydrogens (tertiary/aromatic N) is 9. The number of pyridine rings is 2. The summed E-state index contributed by atoms with van der Waals surface area (Å²) in [5, 5.41) is 22.4. The Morgan fingerprint density at radius 2 is 1.12 bits per heavy atom. The predicted octanol–water partition coefficient (Wildman–Crippen LogP) is 10.1. The molecule has 0 radical (unpaired) electrons. The van der Waals surface area contributed by atoms with Crippen LogP contribution in [-0.4, -0.2) is 127 Å². The van der Waals surface area contributed by atoms with E-state index < -0.39 is 23.4 Å². The van der Waals surface area contributed by atoms with Gasteiger partial charge in [0.15, 0.2) is 0 Å². The molecule has 22 heteroatoms. The summed E-state index contributed by atoms with van der Waals surface area (Å²) in [5.41, 5.74) is 2.90. The molecular formula is C61H74ClF2N13O6. The van der Waals surface area contributed by atoms with Crippen LogP contribution < -0.4 is 30.7 Å². The maximum Gasteiger partial charge on any atom is 0.258 e. The standard InChI is InChI=1S/C61H74ClF2N13O6/c1-36(2)68-56(78)39-8-12-46(13-9-39)76-51-31-53(82-24-22-74-18-6-5-7-19-74)66-34-49(51)70-60(76)72-58(80)41-26-43(33-65)55(48(64)29-41)38-16-20-75(21-17-38)23-25-83-54-32-52-50(35-67-54)71-61(73-59(81)42-27-44(62)30-45(63)28-42)77(52)47-14-10-40(11-15-47)57(79)69-37(3)4/h26-32,34-40,46-47H,5-25H2,1-4H3,(H,68,78)(H,69,79)(H,70,72,80)(H,71,73,81). The van der Waals surface area contributed by atoms with Gasteiger partial charge in [0.25, 0.3) is 11.8 Å². The molecule has 2 saturated carbocycles. The van der Waals surface area contributed by atoms with E-state index in [9.17, 15) is 28.8 Å². The number of piperidine rings is 2. The number of hydrogen-bond donors (Lipinski definition) is 4. The smallest absolute Gasteiger partial charge is 0.258 e. The van der Waals surface area contributed by atoms with Gasteiger partial charge < -0.3 is 29.2 Å². The molecule has 6 aromatic rings.